The topological polar surface area (TPSA) is 121 Å². The lowest BCUT2D eigenvalue weighted by Crippen LogP contribution is -2.49. The maximum Gasteiger partial charge on any atom is 0.416 e. The summed E-state index contributed by atoms with van der Waals surface area (Å²) in [5, 5.41) is 20.5. The van der Waals surface area contributed by atoms with Crippen molar-refractivity contribution in [1.82, 2.24) is 15.1 Å². The molecule has 1 amide bonds. The Kier molecular flexibility index (Phi) is 6.16. The average molecular weight is 437 g/mol. The molecule has 2 aromatic rings. The van der Waals surface area contributed by atoms with Gasteiger partial charge in [0, 0.05) is 18.2 Å². The van der Waals surface area contributed by atoms with E-state index < -0.39 is 29.7 Å². The molecule has 8 nitrogen and oxygen atoms in total. The van der Waals surface area contributed by atoms with Gasteiger partial charge in [0.25, 0.3) is 5.91 Å². The number of nitrogens with one attached hydrogen (secondary N) is 1. The molecule has 1 fully saturated rings. The van der Waals surface area contributed by atoms with Crippen molar-refractivity contribution in [2.45, 2.75) is 38.0 Å². The Morgan fingerprint density at radius 2 is 1.84 bits per heavy atom. The lowest BCUT2D eigenvalue weighted by atomic mass is 9.98. The second kappa shape index (κ2) is 8.50. The lowest BCUT2D eigenvalue weighted by molar-refractivity contribution is -0.144. The van der Waals surface area contributed by atoms with Crippen LogP contribution >= 0.6 is 0 Å². The number of hydrogen-bond acceptors (Lipinski definition) is 6. The highest BCUT2D eigenvalue weighted by atomic mass is 19.4. The highest BCUT2D eigenvalue weighted by Gasteiger charge is 2.32. The first-order valence-electron chi connectivity index (χ1n) is 9.53. The first kappa shape index (κ1) is 22.5. The molecule has 1 aliphatic rings. The van der Waals surface area contributed by atoms with Crippen molar-refractivity contribution in [3.63, 3.8) is 0 Å². The van der Waals surface area contributed by atoms with Crippen LogP contribution in [0.15, 0.2) is 24.3 Å². The largest absolute Gasteiger partial charge is 0.480 e. The van der Waals surface area contributed by atoms with E-state index in [0.29, 0.717) is 30.5 Å². The second-order valence-electron chi connectivity index (χ2n) is 7.55. The Labute approximate surface area is 176 Å². The lowest BCUT2D eigenvalue weighted by Gasteiger charge is -2.35. The Morgan fingerprint density at radius 1 is 1.19 bits per heavy atom. The summed E-state index contributed by atoms with van der Waals surface area (Å²) in [6, 6.07) is 3.64. The summed E-state index contributed by atoms with van der Waals surface area (Å²) in [6.07, 6.45) is -3.50. The van der Waals surface area contributed by atoms with Gasteiger partial charge in [0.1, 0.15) is 6.04 Å². The van der Waals surface area contributed by atoms with Crippen LogP contribution in [0.2, 0.25) is 0 Å². The molecule has 2 unspecified atom stereocenters. The third kappa shape index (κ3) is 4.76. The minimum atomic E-state index is -4.46. The zero-order chi connectivity index (χ0) is 22.9. The standard InChI is InChI=1S/C20H22F3N5O3/c1-10-15(17(24)29)18(25-13-7-8-14(19(30)31)28(2)9-13)27-26-16(10)11-3-5-12(6-4-11)20(21,22)23/h3-6,13-14H,7-9H2,1-2H3,(H2,24,29)(H,25,27)(H,30,31). The molecular formula is C20H22F3N5O3. The van der Waals surface area contributed by atoms with Crippen LogP contribution in [0, 0.1) is 6.92 Å². The number of aromatic nitrogens is 2. The number of carbonyl (C=O) groups is 2. The van der Waals surface area contributed by atoms with E-state index >= 15 is 0 Å². The van der Waals surface area contributed by atoms with Gasteiger partial charge in [-0.15, -0.1) is 10.2 Å². The van der Waals surface area contributed by atoms with Crippen LogP contribution in [-0.2, 0) is 11.0 Å². The van der Waals surface area contributed by atoms with Crippen molar-refractivity contribution >= 4 is 17.7 Å². The Hall–Kier alpha value is -3.21. The number of anilines is 1. The highest BCUT2D eigenvalue weighted by Crippen LogP contribution is 2.32. The zero-order valence-electron chi connectivity index (χ0n) is 16.9. The number of rotatable bonds is 5. The molecule has 3 rings (SSSR count). The molecule has 2 atom stereocenters. The second-order valence-corrected chi connectivity index (χ2v) is 7.55. The van der Waals surface area contributed by atoms with E-state index in [1.807, 2.05) is 0 Å². The fourth-order valence-corrected chi connectivity index (χ4v) is 3.78. The number of piperidine rings is 1. The first-order chi connectivity index (χ1) is 14.5. The average Bonchev–Trinajstić information content (AvgIpc) is 2.67. The fraction of sp³-hybridized carbons (Fsp3) is 0.400. The molecule has 31 heavy (non-hydrogen) atoms. The number of carboxylic acids is 1. The number of benzene rings is 1. The van der Waals surface area contributed by atoms with Crippen LogP contribution in [0.1, 0.15) is 34.3 Å². The molecule has 0 radical (unpaired) electrons. The summed E-state index contributed by atoms with van der Waals surface area (Å²) >= 11 is 0. The molecule has 2 heterocycles. The molecule has 0 bridgehead atoms. The summed E-state index contributed by atoms with van der Waals surface area (Å²) < 4.78 is 38.4. The van der Waals surface area contributed by atoms with Crippen LogP contribution in [-0.4, -0.2) is 57.8 Å². The van der Waals surface area contributed by atoms with Crippen LogP contribution in [0.4, 0.5) is 19.0 Å². The summed E-state index contributed by atoms with van der Waals surface area (Å²) in [4.78, 5) is 25.1. The first-order valence-corrected chi connectivity index (χ1v) is 9.53. The number of alkyl halides is 3. The van der Waals surface area contributed by atoms with Crippen molar-refractivity contribution in [2.24, 2.45) is 5.73 Å². The molecule has 1 aliphatic heterocycles. The van der Waals surface area contributed by atoms with E-state index in [1.165, 1.54) is 12.1 Å². The Balaban J connectivity index is 1.88. The number of nitrogens with zero attached hydrogens (tertiary/aromatic N) is 3. The van der Waals surface area contributed by atoms with E-state index in [0.717, 1.165) is 12.1 Å². The summed E-state index contributed by atoms with van der Waals surface area (Å²) in [6.45, 7) is 2.01. The number of likely N-dealkylation sites (N-methyl/N-ethyl adjacent to an activating group) is 1. The van der Waals surface area contributed by atoms with E-state index in [-0.39, 0.29) is 23.1 Å². The van der Waals surface area contributed by atoms with Gasteiger partial charge in [0.15, 0.2) is 5.82 Å². The van der Waals surface area contributed by atoms with Gasteiger partial charge >= 0.3 is 12.1 Å². The quantitative estimate of drug-likeness (QED) is 0.657. The minimum absolute atomic E-state index is 0.0907. The molecule has 0 saturated carbocycles. The normalized spacial score (nSPS) is 19.8. The summed E-state index contributed by atoms with van der Waals surface area (Å²) in [7, 11) is 1.70. The third-order valence-electron chi connectivity index (χ3n) is 5.40. The maximum absolute atomic E-state index is 12.8. The number of aliphatic carboxylic acids is 1. The molecule has 11 heteroatoms. The van der Waals surface area contributed by atoms with Crippen molar-refractivity contribution in [3.05, 3.63) is 41.0 Å². The molecule has 0 aliphatic carbocycles. The number of halogens is 3. The molecule has 0 spiro atoms. The van der Waals surface area contributed by atoms with Crippen LogP contribution in [0.25, 0.3) is 11.3 Å². The van der Waals surface area contributed by atoms with E-state index in [1.54, 1.807) is 18.9 Å². The maximum atomic E-state index is 12.8. The van der Waals surface area contributed by atoms with E-state index in [4.69, 9.17) is 5.73 Å². The highest BCUT2D eigenvalue weighted by molar-refractivity contribution is 6.00. The van der Waals surface area contributed by atoms with Gasteiger partial charge in [0.2, 0.25) is 0 Å². The number of primary amides is 1. The van der Waals surface area contributed by atoms with Gasteiger partial charge in [-0.2, -0.15) is 13.2 Å². The molecule has 166 valence electrons. The number of hydrogen-bond donors (Lipinski definition) is 3. The number of amides is 1. The van der Waals surface area contributed by atoms with Crippen molar-refractivity contribution in [3.8, 4) is 11.3 Å². The smallest absolute Gasteiger partial charge is 0.416 e. The molecule has 1 saturated heterocycles. The van der Waals surface area contributed by atoms with Gasteiger partial charge < -0.3 is 16.2 Å². The van der Waals surface area contributed by atoms with Gasteiger partial charge in [-0.25, -0.2) is 0 Å². The number of likely N-dealkylation sites (tertiary alicyclic amines) is 1. The van der Waals surface area contributed by atoms with Crippen LogP contribution < -0.4 is 11.1 Å². The van der Waals surface area contributed by atoms with Gasteiger partial charge in [-0.1, -0.05) is 12.1 Å². The molecule has 1 aromatic heterocycles. The van der Waals surface area contributed by atoms with Crippen LogP contribution in [0.5, 0.6) is 0 Å². The van der Waals surface area contributed by atoms with Crippen molar-refractivity contribution in [2.75, 3.05) is 18.9 Å². The predicted octanol–water partition coefficient (Wildman–Crippen LogP) is 2.53. The van der Waals surface area contributed by atoms with Gasteiger partial charge in [-0.3, -0.25) is 14.5 Å². The molecular weight excluding hydrogens is 415 g/mol. The molecule has 4 N–H and O–H groups in total. The van der Waals surface area contributed by atoms with Gasteiger partial charge in [-0.05, 0) is 44.5 Å². The SMILES string of the molecule is Cc1c(-c2ccc(C(F)(F)F)cc2)nnc(NC2CCC(C(=O)O)N(C)C2)c1C(N)=O. The summed E-state index contributed by atoms with van der Waals surface area (Å²) in [5.74, 6) is -1.49. The predicted molar refractivity (Wildman–Crippen MR) is 106 cm³/mol. The number of carboxylic acid groups (broad SMARTS) is 1. The van der Waals surface area contributed by atoms with Crippen LogP contribution in [0.3, 0.4) is 0 Å². The van der Waals surface area contributed by atoms with Crippen molar-refractivity contribution < 1.29 is 27.9 Å². The Morgan fingerprint density at radius 3 is 2.35 bits per heavy atom. The van der Waals surface area contributed by atoms with Crippen molar-refractivity contribution in [1.29, 1.82) is 0 Å². The third-order valence-corrected chi connectivity index (χ3v) is 5.40. The number of nitrogens with two attached hydrogens (primary N) is 1. The zero-order valence-corrected chi connectivity index (χ0v) is 16.9. The molecule has 1 aromatic carbocycles. The monoisotopic (exact) mass is 437 g/mol. The van der Waals surface area contributed by atoms with E-state index in [9.17, 15) is 27.9 Å². The Bertz CT molecular complexity index is 995. The van der Waals surface area contributed by atoms with E-state index in [2.05, 4.69) is 15.5 Å². The number of carbonyl (C=O) groups excluding carboxylic acids is 1. The van der Waals surface area contributed by atoms with Gasteiger partial charge in [0.05, 0.1) is 16.8 Å². The minimum Gasteiger partial charge on any atom is -0.480 e. The summed E-state index contributed by atoms with van der Waals surface area (Å²) in [5.41, 5.74) is 5.86. The fourth-order valence-electron chi connectivity index (χ4n) is 3.78.